The van der Waals surface area contributed by atoms with Gasteiger partial charge in [0.05, 0.1) is 11.2 Å². The summed E-state index contributed by atoms with van der Waals surface area (Å²) in [5.41, 5.74) is 5.83. The summed E-state index contributed by atoms with van der Waals surface area (Å²) in [6, 6.07) is -0.216. The summed E-state index contributed by atoms with van der Waals surface area (Å²) in [6.45, 7) is 4.25. The summed E-state index contributed by atoms with van der Waals surface area (Å²) < 4.78 is 27.7. The van der Waals surface area contributed by atoms with E-state index >= 15 is 0 Å². The molecule has 0 fully saturated rings. The molecule has 0 bridgehead atoms. The Kier molecular flexibility index (Phi) is 5.15. The van der Waals surface area contributed by atoms with Crippen molar-refractivity contribution in [3.05, 3.63) is 11.2 Å². The van der Waals surface area contributed by atoms with Crippen molar-refractivity contribution in [3.63, 3.8) is 0 Å². The Labute approximate surface area is 113 Å². The highest BCUT2D eigenvalue weighted by molar-refractivity contribution is 7.89. The van der Waals surface area contributed by atoms with Crippen molar-refractivity contribution in [2.45, 2.75) is 31.3 Å². The molecule has 0 spiro atoms. The third-order valence-electron chi connectivity index (χ3n) is 2.41. The van der Waals surface area contributed by atoms with E-state index in [-0.39, 0.29) is 22.6 Å². The van der Waals surface area contributed by atoms with Crippen LogP contribution in [0, 0.1) is 5.92 Å². The zero-order valence-electron chi connectivity index (χ0n) is 10.7. The lowest BCUT2D eigenvalue weighted by Gasteiger charge is -2.15. The predicted molar refractivity (Wildman–Crippen MR) is 70.8 cm³/mol. The zero-order chi connectivity index (χ0) is 13.9. The van der Waals surface area contributed by atoms with E-state index in [1.54, 1.807) is 0 Å². The van der Waals surface area contributed by atoms with E-state index in [1.165, 1.54) is 17.9 Å². The largest absolute Gasteiger partial charge is 0.327 e. The van der Waals surface area contributed by atoms with Crippen LogP contribution >= 0.6 is 11.6 Å². The monoisotopic (exact) mass is 294 g/mol. The Hall–Kier alpha value is -0.630. The molecule has 104 valence electrons. The van der Waals surface area contributed by atoms with Gasteiger partial charge in [0.25, 0.3) is 10.0 Å². The average molecular weight is 295 g/mol. The lowest BCUT2D eigenvalue weighted by Crippen LogP contribution is -2.38. The second-order valence-electron chi connectivity index (χ2n) is 4.66. The first-order valence-corrected chi connectivity index (χ1v) is 7.53. The van der Waals surface area contributed by atoms with Gasteiger partial charge < -0.3 is 5.73 Å². The van der Waals surface area contributed by atoms with Gasteiger partial charge in [-0.05, 0) is 12.3 Å². The molecule has 1 rings (SSSR count). The van der Waals surface area contributed by atoms with E-state index in [4.69, 9.17) is 17.3 Å². The molecule has 0 aliphatic heterocycles. The van der Waals surface area contributed by atoms with Crippen molar-refractivity contribution in [1.82, 2.24) is 14.5 Å². The Morgan fingerprint density at radius 3 is 2.61 bits per heavy atom. The Morgan fingerprint density at radius 1 is 1.56 bits per heavy atom. The van der Waals surface area contributed by atoms with Crippen LogP contribution in [0.5, 0.6) is 0 Å². The van der Waals surface area contributed by atoms with Gasteiger partial charge in [-0.3, -0.25) is 4.68 Å². The number of nitrogens with one attached hydrogen (secondary N) is 1. The van der Waals surface area contributed by atoms with E-state index < -0.39 is 10.0 Å². The van der Waals surface area contributed by atoms with E-state index in [0.29, 0.717) is 5.92 Å². The maximum atomic E-state index is 12.0. The number of nitrogens with two attached hydrogens (primary N) is 1. The highest BCUT2D eigenvalue weighted by Gasteiger charge is 2.23. The second kappa shape index (κ2) is 6.01. The average Bonchev–Trinajstić information content (AvgIpc) is 2.55. The fourth-order valence-electron chi connectivity index (χ4n) is 1.68. The molecule has 18 heavy (non-hydrogen) atoms. The lowest BCUT2D eigenvalue weighted by molar-refractivity contribution is 0.484. The number of sulfonamides is 1. The van der Waals surface area contributed by atoms with Gasteiger partial charge in [-0.1, -0.05) is 25.4 Å². The van der Waals surface area contributed by atoms with Gasteiger partial charge in [0.1, 0.15) is 0 Å². The Bertz CT molecular complexity index is 478. The first kappa shape index (κ1) is 15.4. The molecule has 0 aliphatic rings. The van der Waals surface area contributed by atoms with Crippen molar-refractivity contribution < 1.29 is 8.42 Å². The molecule has 1 aromatic heterocycles. The summed E-state index contributed by atoms with van der Waals surface area (Å²) in [7, 11) is -2.15. The molecule has 6 nitrogen and oxygen atoms in total. The van der Waals surface area contributed by atoms with Crippen molar-refractivity contribution in [3.8, 4) is 0 Å². The minimum atomic E-state index is -3.67. The fraction of sp³-hybridized carbons (Fsp3) is 0.700. The summed E-state index contributed by atoms with van der Waals surface area (Å²) >= 11 is 5.80. The molecule has 1 atom stereocenters. The van der Waals surface area contributed by atoms with E-state index in [2.05, 4.69) is 9.82 Å². The summed E-state index contributed by atoms with van der Waals surface area (Å²) in [4.78, 5) is 0. The van der Waals surface area contributed by atoms with Gasteiger partial charge in [0.15, 0.2) is 5.03 Å². The van der Waals surface area contributed by atoms with Crippen LogP contribution in [0.4, 0.5) is 0 Å². The minimum absolute atomic E-state index is 0.0408. The SMILES string of the molecule is CC(C)CC(N)CNS(=O)(=O)c1c(Cl)cnn1C. The maximum Gasteiger partial charge on any atom is 0.259 e. The van der Waals surface area contributed by atoms with Gasteiger partial charge >= 0.3 is 0 Å². The zero-order valence-corrected chi connectivity index (χ0v) is 12.3. The Balaban J connectivity index is 2.72. The molecule has 0 saturated carbocycles. The number of hydrogen-bond acceptors (Lipinski definition) is 4. The van der Waals surface area contributed by atoms with Gasteiger partial charge in [-0.2, -0.15) is 5.10 Å². The number of halogens is 1. The van der Waals surface area contributed by atoms with Gasteiger partial charge in [-0.15, -0.1) is 0 Å². The van der Waals surface area contributed by atoms with Crippen molar-refractivity contribution in [2.75, 3.05) is 6.54 Å². The fourth-order valence-corrected chi connectivity index (χ4v) is 3.42. The van der Waals surface area contributed by atoms with Crippen LogP contribution < -0.4 is 10.5 Å². The molecule has 1 unspecified atom stereocenters. The highest BCUT2D eigenvalue weighted by atomic mass is 35.5. The van der Waals surface area contributed by atoms with Gasteiger partial charge in [0.2, 0.25) is 0 Å². The van der Waals surface area contributed by atoms with Crippen LogP contribution in [-0.2, 0) is 17.1 Å². The number of aromatic nitrogens is 2. The molecule has 0 aliphatic carbocycles. The van der Waals surface area contributed by atoms with Crippen LogP contribution in [0.25, 0.3) is 0 Å². The first-order chi connectivity index (χ1) is 8.24. The van der Waals surface area contributed by atoms with E-state index in [1.807, 2.05) is 13.8 Å². The highest BCUT2D eigenvalue weighted by Crippen LogP contribution is 2.19. The number of aryl methyl sites for hydroxylation is 1. The van der Waals surface area contributed by atoms with Gasteiger partial charge in [-0.25, -0.2) is 13.1 Å². The minimum Gasteiger partial charge on any atom is -0.327 e. The summed E-state index contributed by atoms with van der Waals surface area (Å²) in [5.74, 6) is 0.421. The van der Waals surface area contributed by atoms with Crippen molar-refractivity contribution >= 4 is 21.6 Å². The van der Waals surface area contributed by atoms with Crippen LogP contribution in [0.1, 0.15) is 20.3 Å². The predicted octanol–water partition coefficient (Wildman–Crippen LogP) is 0.725. The molecule has 8 heteroatoms. The van der Waals surface area contributed by atoms with E-state index in [9.17, 15) is 8.42 Å². The molecule has 1 aromatic rings. The molecule has 0 aromatic carbocycles. The molecule has 3 N–H and O–H groups in total. The van der Waals surface area contributed by atoms with E-state index in [0.717, 1.165) is 6.42 Å². The molecule has 1 heterocycles. The van der Waals surface area contributed by atoms with Crippen LogP contribution in [0.2, 0.25) is 5.02 Å². The standard InChI is InChI=1S/C10H19ClN4O2S/c1-7(2)4-8(12)5-14-18(16,17)10-9(11)6-13-15(10)3/h6-8,14H,4-5,12H2,1-3H3. The third-order valence-corrected chi connectivity index (χ3v) is 4.34. The summed E-state index contributed by atoms with van der Waals surface area (Å²) in [5, 5.41) is 3.85. The van der Waals surface area contributed by atoms with Crippen LogP contribution in [-0.4, -0.2) is 30.8 Å². The maximum absolute atomic E-state index is 12.0. The summed E-state index contributed by atoms with van der Waals surface area (Å²) in [6.07, 6.45) is 2.05. The molecular weight excluding hydrogens is 276 g/mol. The smallest absolute Gasteiger partial charge is 0.259 e. The van der Waals surface area contributed by atoms with Crippen molar-refractivity contribution in [2.24, 2.45) is 18.7 Å². The normalized spacial score (nSPS) is 14.1. The first-order valence-electron chi connectivity index (χ1n) is 5.66. The molecule has 0 radical (unpaired) electrons. The second-order valence-corrected chi connectivity index (χ2v) is 6.75. The molecular formula is C10H19ClN4O2S. The quantitative estimate of drug-likeness (QED) is 0.809. The number of nitrogens with zero attached hydrogens (tertiary/aromatic N) is 2. The van der Waals surface area contributed by atoms with Crippen molar-refractivity contribution in [1.29, 1.82) is 0 Å². The lowest BCUT2D eigenvalue weighted by atomic mass is 10.1. The van der Waals surface area contributed by atoms with Gasteiger partial charge in [0, 0.05) is 19.6 Å². The number of rotatable bonds is 6. The molecule has 0 saturated heterocycles. The number of hydrogen-bond donors (Lipinski definition) is 2. The molecule has 0 amide bonds. The topological polar surface area (TPSA) is 90.0 Å². The van der Waals surface area contributed by atoms with Crippen LogP contribution in [0.3, 0.4) is 0 Å². The Morgan fingerprint density at radius 2 is 2.17 bits per heavy atom. The van der Waals surface area contributed by atoms with Crippen LogP contribution in [0.15, 0.2) is 11.2 Å². The third kappa shape index (κ3) is 3.94.